The fourth-order valence-corrected chi connectivity index (χ4v) is 2.93. The number of benzene rings is 1. The highest BCUT2D eigenvalue weighted by Crippen LogP contribution is 2.40. The minimum atomic E-state index is 0.510. The van der Waals surface area contributed by atoms with Crippen LogP contribution in [0.2, 0.25) is 0 Å². The quantitative estimate of drug-likeness (QED) is 0.781. The second-order valence-electron chi connectivity index (χ2n) is 4.33. The van der Waals surface area contributed by atoms with Gasteiger partial charge in [0.25, 0.3) is 0 Å². The van der Waals surface area contributed by atoms with Gasteiger partial charge in [0.2, 0.25) is 0 Å². The molecule has 0 radical (unpaired) electrons. The van der Waals surface area contributed by atoms with E-state index in [1.165, 1.54) is 18.4 Å². The van der Waals surface area contributed by atoms with Gasteiger partial charge in [-0.2, -0.15) is 0 Å². The first-order valence-corrected chi connectivity index (χ1v) is 6.29. The number of hydrogen-bond donors (Lipinski definition) is 1. The molecule has 0 spiro atoms. The zero-order chi connectivity index (χ0) is 10.3. The number of hydrogen-bond acceptors (Lipinski definition) is 2. The largest absolute Gasteiger partial charge is 0.493 e. The number of fused-ring (bicyclic) bond motifs is 3. The average molecular weight is 268 g/mol. The lowest BCUT2D eigenvalue weighted by atomic mass is 9.85. The molecule has 0 saturated carbocycles. The summed E-state index contributed by atoms with van der Waals surface area (Å²) in [7, 11) is 0. The third-order valence-corrected chi connectivity index (χ3v) is 3.84. The highest BCUT2D eigenvalue weighted by Gasteiger charge is 2.32. The molecule has 1 aromatic rings. The third kappa shape index (κ3) is 1.68. The molecule has 0 bridgehead atoms. The lowest BCUT2D eigenvalue weighted by Crippen LogP contribution is -2.39. The minimum Gasteiger partial charge on any atom is -0.493 e. The predicted octanol–water partition coefficient (Wildman–Crippen LogP) is 2.88. The molecule has 0 aromatic heterocycles. The van der Waals surface area contributed by atoms with Gasteiger partial charge >= 0.3 is 0 Å². The van der Waals surface area contributed by atoms with Gasteiger partial charge in [-0.05, 0) is 31.5 Å². The molecule has 3 rings (SSSR count). The molecule has 0 amide bonds. The number of piperidine rings is 1. The number of nitrogens with one attached hydrogen (secondary N) is 1. The van der Waals surface area contributed by atoms with E-state index in [9.17, 15) is 0 Å². The summed E-state index contributed by atoms with van der Waals surface area (Å²) in [5, 5.41) is 3.60. The van der Waals surface area contributed by atoms with E-state index in [1.54, 1.807) is 0 Å². The van der Waals surface area contributed by atoms with Crippen molar-refractivity contribution in [3.8, 4) is 5.75 Å². The van der Waals surface area contributed by atoms with Crippen molar-refractivity contribution in [1.29, 1.82) is 0 Å². The number of ether oxygens (including phenoxy) is 1. The van der Waals surface area contributed by atoms with Crippen LogP contribution in [-0.4, -0.2) is 13.2 Å². The Hall–Kier alpha value is -0.540. The van der Waals surface area contributed by atoms with Gasteiger partial charge in [0.1, 0.15) is 5.75 Å². The Bertz CT molecular complexity index is 380. The van der Waals surface area contributed by atoms with Crippen LogP contribution in [0.3, 0.4) is 0 Å². The Balaban J connectivity index is 1.99. The van der Waals surface area contributed by atoms with E-state index in [1.807, 2.05) is 0 Å². The maximum absolute atomic E-state index is 5.80. The molecule has 2 nitrogen and oxygen atoms in total. The highest BCUT2D eigenvalue weighted by molar-refractivity contribution is 9.10. The Morgan fingerprint density at radius 3 is 3.27 bits per heavy atom. The van der Waals surface area contributed by atoms with Crippen LogP contribution in [0.1, 0.15) is 24.4 Å². The zero-order valence-electron chi connectivity index (χ0n) is 8.50. The van der Waals surface area contributed by atoms with Crippen LogP contribution in [0.25, 0.3) is 0 Å². The normalized spacial score (nSPS) is 28.9. The van der Waals surface area contributed by atoms with Gasteiger partial charge in [-0.1, -0.05) is 22.0 Å². The van der Waals surface area contributed by atoms with Crippen LogP contribution in [0.5, 0.6) is 5.75 Å². The van der Waals surface area contributed by atoms with E-state index in [4.69, 9.17) is 4.74 Å². The van der Waals surface area contributed by atoms with Crippen LogP contribution >= 0.6 is 15.9 Å². The molecule has 2 heterocycles. The molecular weight excluding hydrogens is 254 g/mol. The van der Waals surface area contributed by atoms with Gasteiger partial charge in [-0.15, -0.1) is 0 Å². The first kappa shape index (κ1) is 9.67. The third-order valence-electron chi connectivity index (χ3n) is 3.35. The fourth-order valence-electron chi connectivity index (χ4n) is 2.59. The van der Waals surface area contributed by atoms with Crippen molar-refractivity contribution in [2.75, 3.05) is 13.2 Å². The van der Waals surface area contributed by atoms with Crippen molar-refractivity contribution < 1.29 is 4.74 Å². The standard InChI is InChI=1S/C12H14BrNO/c13-9-3-4-10-11(6-9)15-7-8-2-1-5-14-12(8)10/h3-4,6,8,12,14H,1-2,5,7H2/t8-,12?/m1/s1. The molecule has 1 unspecified atom stereocenters. The number of halogens is 1. The van der Waals surface area contributed by atoms with Gasteiger partial charge in [-0.25, -0.2) is 0 Å². The predicted molar refractivity (Wildman–Crippen MR) is 63.1 cm³/mol. The SMILES string of the molecule is Brc1ccc2c(c1)OC[C@H]1CCCNC21. The second kappa shape index (κ2) is 3.80. The van der Waals surface area contributed by atoms with Crippen molar-refractivity contribution in [3.05, 3.63) is 28.2 Å². The summed E-state index contributed by atoms with van der Waals surface area (Å²) in [6.45, 7) is 2.00. The number of rotatable bonds is 0. The molecule has 3 heteroatoms. The maximum atomic E-state index is 5.80. The molecular formula is C12H14BrNO. The first-order chi connectivity index (χ1) is 7.34. The van der Waals surface area contributed by atoms with Gasteiger partial charge in [0.05, 0.1) is 6.61 Å². The summed E-state index contributed by atoms with van der Waals surface area (Å²) < 4.78 is 6.90. The summed E-state index contributed by atoms with van der Waals surface area (Å²) in [6, 6.07) is 6.85. The van der Waals surface area contributed by atoms with Crippen molar-refractivity contribution in [1.82, 2.24) is 5.32 Å². The topological polar surface area (TPSA) is 21.3 Å². The molecule has 2 aliphatic rings. The average Bonchev–Trinajstić information content (AvgIpc) is 2.28. The molecule has 1 aromatic carbocycles. The first-order valence-electron chi connectivity index (χ1n) is 5.50. The molecule has 80 valence electrons. The summed E-state index contributed by atoms with van der Waals surface area (Å²) in [6.07, 6.45) is 2.56. The van der Waals surface area contributed by atoms with Crippen LogP contribution in [-0.2, 0) is 0 Å². The van der Waals surface area contributed by atoms with Crippen molar-refractivity contribution >= 4 is 15.9 Å². The lowest BCUT2D eigenvalue weighted by molar-refractivity contribution is 0.147. The highest BCUT2D eigenvalue weighted by atomic mass is 79.9. The van der Waals surface area contributed by atoms with Crippen LogP contribution in [0.4, 0.5) is 0 Å². The molecule has 1 saturated heterocycles. The van der Waals surface area contributed by atoms with Gasteiger partial charge in [-0.3, -0.25) is 0 Å². The Labute approximate surface area is 98.1 Å². The van der Waals surface area contributed by atoms with E-state index in [0.717, 1.165) is 23.4 Å². The van der Waals surface area contributed by atoms with Gasteiger partial charge < -0.3 is 10.1 Å². The minimum absolute atomic E-state index is 0.510. The van der Waals surface area contributed by atoms with Crippen LogP contribution < -0.4 is 10.1 Å². The smallest absolute Gasteiger partial charge is 0.125 e. The van der Waals surface area contributed by atoms with E-state index < -0.39 is 0 Å². The van der Waals surface area contributed by atoms with E-state index in [0.29, 0.717) is 12.0 Å². The lowest BCUT2D eigenvalue weighted by Gasteiger charge is -2.37. The van der Waals surface area contributed by atoms with E-state index in [2.05, 4.69) is 39.4 Å². The zero-order valence-corrected chi connectivity index (χ0v) is 10.1. The van der Waals surface area contributed by atoms with Crippen molar-refractivity contribution in [2.45, 2.75) is 18.9 Å². The molecule has 2 aliphatic heterocycles. The Morgan fingerprint density at radius 2 is 2.33 bits per heavy atom. The molecule has 0 aliphatic carbocycles. The van der Waals surface area contributed by atoms with Crippen molar-refractivity contribution in [2.24, 2.45) is 5.92 Å². The molecule has 15 heavy (non-hydrogen) atoms. The fraction of sp³-hybridized carbons (Fsp3) is 0.500. The summed E-state index contributed by atoms with van der Waals surface area (Å²) in [4.78, 5) is 0. The Morgan fingerprint density at radius 1 is 1.40 bits per heavy atom. The second-order valence-corrected chi connectivity index (χ2v) is 5.24. The van der Waals surface area contributed by atoms with Crippen LogP contribution in [0.15, 0.2) is 22.7 Å². The van der Waals surface area contributed by atoms with Crippen LogP contribution in [0, 0.1) is 5.92 Å². The monoisotopic (exact) mass is 267 g/mol. The molecule has 1 N–H and O–H groups in total. The maximum Gasteiger partial charge on any atom is 0.125 e. The van der Waals surface area contributed by atoms with Gasteiger partial charge in [0.15, 0.2) is 0 Å². The Kier molecular flexibility index (Phi) is 2.45. The van der Waals surface area contributed by atoms with E-state index in [-0.39, 0.29) is 0 Å². The summed E-state index contributed by atoms with van der Waals surface area (Å²) >= 11 is 3.48. The van der Waals surface area contributed by atoms with Crippen molar-refractivity contribution in [3.63, 3.8) is 0 Å². The molecule has 2 atom stereocenters. The molecule has 1 fully saturated rings. The summed E-state index contributed by atoms with van der Waals surface area (Å²) in [5.41, 5.74) is 1.33. The van der Waals surface area contributed by atoms with E-state index >= 15 is 0 Å². The summed E-state index contributed by atoms with van der Waals surface area (Å²) in [5.74, 6) is 1.70. The van der Waals surface area contributed by atoms with Gasteiger partial charge in [0, 0.05) is 22.0 Å².